The van der Waals surface area contributed by atoms with Gasteiger partial charge < -0.3 is 19.7 Å². The van der Waals surface area contributed by atoms with E-state index in [-0.39, 0.29) is 29.8 Å². The van der Waals surface area contributed by atoms with Gasteiger partial charge in [-0.3, -0.25) is 14.4 Å². The molecule has 7 heteroatoms. The molecule has 2 heterocycles. The molecule has 2 aliphatic rings. The van der Waals surface area contributed by atoms with Crippen LogP contribution in [0.15, 0.2) is 24.3 Å². The fourth-order valence-corrected chi connectivity index (χ4v) is 3.46. The van der Waals surface area contributed by atoms with Crippen LogP contribution in [-0.2, 0) is 19.1 Å². The molecule has 2 aliphatic heterocycles. The number of likely N-dealkylation sites (tertiary alicyclic amines) is 1. The van der Waals surface area contributed by atoms with Crippen LogP contribution in [0, 0.1) is 5.92 Å². The standard InChI is InChI=1S/C20H26N2O5/c1-2-26-20(25)15-9-11-22(12-10-15)19(24)14-5-7-16(8-6-14)21-18(23)17-4-3-13-27-17/h5-8,15,17H,2-4,9-13H2,1H3,(H,21,23)/t17-/m0/s1. The van der Waals surface area contributed by atoms with E-state index < -0.39 is 0 Å². The van der Waals surface area contributed by atoms with Gasteiger partial charge in [-0.15, -0.1) is 0 Å². The first-order valence-corrected chi connectivity index (χ1v) is 9.57. The number of piperidine rings is 1. The number of carbonyl (C=O) groups excluding carboxylic acids is 3. The Morgan fingerprint density at radius 2 is 1.85 bits per heavy atom. The predicted molar refractivity (Wildman–Crippen MR) is 99.3 cm³/mol. The van der Waals surface area contributed by atoms with Crippen molar-refractivity contribution in [2.75, 3.05) is 31.6 Å². The monoisotopic (exact) mass is 374 g/mol. The van der Waals surface area contributed by atoms with Crippen molar-refractivity contribution >= 4 is 23.5 Å². The Labute approximate surface area is 159 Å². The normalized spacial score (nSPS) is 20.3. The van der Waals surface area contributed by atoms with Crippen LogP contribution in [0.4, 0.5) is 5.69 Å². The van der Waals surface area contributed by atoms with E-state index in [0.717, 1.165) is 12.8 Å². The number of carbonyl (C=O) groups is 3. The van der Waals surface area contributed by atoms with Crippen molar-refractivity contribution in [3.05, 3.63) is 29.8 Å². The number of hydrogen-bond donors (Lipinski definition) is 1. The zero-order valence-corrected chi connectivity index (χ0v) is 15.6. The van der Waals surface area contributed by atoms with Gasteiger partial charge in [-0.25, -0.2) is 0 Å². The van der Waals surface area contributed by atoms with Crippen molar-refractivity contribution < 1.29 is 23.9 Å². The summed E-state index contributed by atoms with van der Waals surface area (Å²) in [6, 6.07) is 6.88. The minimum absolute atomic E-state index is 0.0608. The number of nitrogens with zero attached hydrogens (tertiary/aromatic N) is 1. The largest absolute Gasteiger partial charge is 0.466 e. The second-order valence-electron chi connectivity index (χ2n) is 6.89. The van der Waals surface area contributed by atoms with Crippen LogP contribution in [-0.4, -0.2) is 55.1 Å². The van der Waals surface area contributed by atoms with Gasteiger partial charge in [-0.1, -0.05) is 0 Å². The molecule has 27 heavy (non-hydrogen) atoms. The van der Waals surface area contributed by atoms with Gasteiger partial charge in [0.15, 0.2) is 0 Å². The molecule has 0 bridgehead atoms. The lowest BCUT2D eigenvalue weighted by Crippen LogP contribution is -2.40. The highest BCUT2D eigenvalue weighted by molar-refractivity contribution is 5.97. The molecular weight excluding hydrogens is 348 g/mol. The molecule has 0 spiro atoms. The fraction of sp³-hybridized carbons (Fsp3) is 0.550. The molecule has 2 fully saturated rings. The van der Waals surface area contributed by atoms with Gasteiger partial charge in [0.05, 0.1) is 12.5 Å². The zero-order chi connectivity index (χ0) is 19.2. The Balaban J connectivity index is 1.52. The van der Waals surface area contributed by atoms with Crippen LogP contribution in [0.1, 0.15) is 43.0 Å². The number of benzene rings is 1. The SMILES string of the molecule is CCOC(=O)C1CCN(C(=O)c2ccc(NC(=O)[C@@H]3CCCO3)cc2)CC1. The molecule has 0 unspecified atom stereocenters. The summed E-state index contributed by atoms with van der Waals surface area (Å²) >= 11 is 0. The first kappa shape index (κ1) is 19.4. The molecule has 3 rings (SSSR count). The number of hydrogen-bond acceptors (Lipinski definition) is 5. The first-order chi connectivity index (χ1) is 13.1. The molecule has 1 N–H and O–H groups in total. The molecular formula is C20H26N2O5. The summed E-state index contributed by atoms with van der Waals surface area (Å²) in [5, 5.41) is 2.82. The third kappa shape index (κ3) is 4.86. The van der Waals surface area contributed by atoms with Crippen molar-refractivity contribution in [2.45, 2.75) is 38.7 Å². The fourth-order valence-electron chi connectivity index (χ4n) is 3.46. The minimum atomic E-state index is -0.382. The molecule has 7 nitrogen and oxygen atoms in total. The number of esters is 1. The van der Waals surface area contributed by atoms with Gasteiger partial charge in [-0.2, -0.15) is 0 Å². The molecule has 0 aliphatic carbocycles. The molecule has 0 saturated carbocycles. The number of anilines is 1. The van der Waals surface area contributed by atoms with Crippen LogP contribution in [0.2, 0.25) is 0 Å². The molecule has 2 saturated heterocycles. The summed E-state index contributed by atoms with van der Waals surface area (Å²) in [4.78, 5) is 38.3. The summed E-state index contributed by atoms with van der Waals surface area (Å²) in [6.45, 7) is 3.88. The maximum absolute atomic E-state index is 12.6. The molecule has 0 aromatic heterocycles. The lowest BCUT2D eigenvalue weighted by Gasteiger charge is -2.31. The van der Waals surface area contributed by atoms with Gasteiger partial charge in [-0.05, 0) is 56.9 Å². The second kappa shape index (κ2) is 8.99. The van der Waals surface area contributed by atoms with E-state index in [0.29, 0.717) is 50.4 Å². The van der Waals surface area contributed by atoms with Gasteiger partial charge in [0.2, 0.25) is 0 Å². The van der Waals surface area contributed by atoms with Crippen LogP contribution >= 0.6 is 0 Å². The molecule has 1 aromatic rings. The highest BCUT2D eigenvalue weighted by Gasteiger charge is 2.28. The highest BCUT2D eigenvalue weighted by atomic mass is 16.5. The highest BCUT2D eigenvalue weighted by Crippen LogP contribution is 2.21. The van der Waals surface area contributed by atoms with Crippen LogP contribution in [0.5, 0.6) is 0 Å². The van der Waals surface area contributed by atoms with Crippen molar-refractivity contribution in [3.63, 3.8) is 0 Å². The second-order valence-corrected chi connectivity index (χ2v) is 6.89. The van der Waals surface area contributed by atoms with E-state index >= 15 is 0 Å². The molecule has 2 amide bonds. The van der Waals surface area contributed by atoms with Gasteiger partial charge in [0.25, 0.3) is 11.8 Å². The quantitative estimate of drug-likeness (QED) is 0.799. The third-order valence-electron chi connectivity index (χ3n) is 5.02. The average molecular weight is 374 g/mol. The minimum Gasteiger partial charge on any atom is -0.466 e. The maximum atomic E-state index is 12.6. The Morgan fingerprint density at radius 3 is 2.44 bits per heavy atom. The smallest absolute Gasteiger partial charge is 0.309 e. The zero-order valence-electron chi connectivity index (χ0n) is 15.6. The molecule has 146 valence electrons. The number of rotatable bonds is 5. The van der Waals surface area contributed by atoms with Crippen molar-refractivity contribution in [1.29, 1.82) is 0 Å². The molecule has 0 radical (unpaired) electrons. The third-order valence-corrected chi connectivity index (χ3v) is 5.02. The van der Waals surface area contributed by atoms with E-state index in [9.17, 15) is 14.4 Å². The Kier molecular flexibility index (Phi) is 6.45. The number of nitrogens with one attached hydrogen (secondary N) is 1. The van der Waals surface area contributed by atoms with Gasteiger partial charge in [0.1, 0.15) is 6.10 Å². The first-order valence-electron chi connectivity index (χ1n) is 9.57. The Morgan fingerprint density at radius 1 is 1.15 bits per heavy atom. The average Bonchev–Trinajstić information content (AvgIpc) is 3.23. The van der Waals surface area contributed by atoms with Gasteiger partial charge >= 0.3 is 5.97 Å². The lowest BCUT2D eigenvalue weighted by molar-refractivity contribution is -0.149. The Bertz CT molecular complexity index is 674. The van der Waals surface area contributed by atoms with E-state index in [4.69, 9.17) is 9.47 Å². The number of ether oxygens (including phenoxy) is 2. The summed E-state index contributed by atoms with van der Waals surface area (Å²) < 4.78 is 10.4. The van der Waals surface area contributed by atoms with E-state index in [1.807, 2.05) is 0 Å². The summed E-state index contributed by atoms with van der Waals surface area (Å²) in [7, 11) is 0. The lowest BCUT2D eigenvalue weighted by atomic mass is 9.96. The molecule has 1 aromatic carbocycles. The van der Waals surface area contributed by atoms with Gasteiger partial charge in [0, 0.05) is 30.9 Å². The number of amides is 2. The van der Waals surface area contributed by atoms with E-state index in [1.165, 1.54) is 0 Å². The Hall–Kier alpha value is -2.41. The van der Waals surface area contributed by atoms with Crippen molar-refractivity contribution in [1.82, 2.24) is 4.90 Å². The summed E-state index contributed by atoms with van der Waals surface area (Å²) in [5.41, 5.74) is 1.22. The van der Waals surface area contributed by atoms with Crippen molar-refractivity contribution in [2.24, 2.45) is 5.92 Å². The van der Waals surface area contributed by atoms with Crippen LogP contribution < -0.4 is 5.32 Å². The van der Waals surface area contributed by atoms with E-state index in [1.54, 1.807) is 36.1 Å². The maximum Gasteiger partial charge on any atom is 0.309 e. The topological polar surface area (TPSA) is 84.9 Å². The predicted octanol–water partition coefficient (Wildman–Crippen LogP) is 2.22. The van der Waals surface area contributed by atoms with Crippen LogP contribution in [0.3, 0.4) is 0 Å². The van der Waals surface area contributed by atoms with Crippen LogP contribution in [0.25, 0.3) is 0 Å². The summed E-state index contributed by atoms with van der Waals surface area (Å²) in [5.74, 6) is -0.498. The van der Waals surface area contributed by atoms with Crippen molar-refractivity contribution in [3.8, 4) is 0 Å². The molecule has 1 atom stereocenters. The summed E-state index contributed by atoms with van der Waals surface area (Å²) in [6.07, 6.45) is 2.51. The van der Waals surface area contributed by atoms with E-state index in [2.05, 4.69) is 5.32 Å².